The fourth-order valence-corrected chi connectivity index (χ4v) is 4.63. The van der Waals surface area contributed by atoms with Crippen LogP contribution in [0, 0.1) is 0 Å². The zero-order valence-corrected chi connectivity index (χ0v) is 17.4. The van der Waals surface area contributed by atoms with Crippen LogP contribution in [0.3, 0.4) is 0 Å². The van der Waals surface area contributed by atoms with Crippen LogP contribution in [0.15, 0.2) is 60.9 Å². The van der Waals surface area contributed by atoms with Crippen LogP contribution in [0.2, 0.25) is 0 Å². The van der Waals surface area contributed by atoms with Crippen LogP contribution in [0.4, 0.5) is 5.82 Å². The van der Waals surface area contributed by atoms with Gasteiger partial charge in [-0.3, -0.25) is 4.90 Å². The summed E-state index contributed by atoms with van der Waals surface area (Å²) >= 11 is 0. The van der Waals surface area contributed by atoms with E-state index in [-0.39, 0.29) is 0 Å². The maximum atomic E-state index is 5.61. The van der Waals surface area contributed by atoms with Gasteiger partial charge in [0.2, 0.25) is 0 Å². The first-order valence-electron chi connectivity index (χ1n) is 10.9. The lowest BCUT2D eigenvalue weighted by Gasteiger charge is -2.35. The van der Waals surface area contributed by atoms with Crippen LogP contribution in [-0.4, -0.2) is 52.6 Å². The van der Waals surface area contributed by atoms with Crippen molar-refractivity contribution in [3.63, 3.8) is 0 Å². The van der Waals surface area contributed by atoms with Gasteiger partial charge in [-0.05, 0) is 35.2 Å². The minimum absolute atomic E-state index is 0.780. The lowest BCUT2D eigenvalue weighted by atomic mass is 10.1. The molecule has 4 heterocycles. The van der Waals surface area contributed by atoms with E-state index in [1.807, 2.05) is 12.4 Å². The van der Waals surface area contributed by atoms with Gasteiger partial charge >= 0.3 is 0 Å². The van der Waals surface area contributed by atoms with Crippen LogP contribution in [-0.2, 0) is 13.0 Å². The number of piperazine rings is 1. The highest BCUT2D eigenvalue weighted by molar-refractivity contribution is 5.92. The quantitative estimate of drug-likeness (QED) is 0.552. The number of H-pyrrole nitrogens is 1. The molecular weight excluding hydrogens is 386 g/mol. The van der Waals surface area contributed by atoms with Gasteiger partial charge in [-0.25, -0.2) is 9.97 Å². The van der Waals surface area contributed by atoms with Crippen molar-refractivity contribution in [1.29, 1.82) is 0 Å². The summed E-state index contributed by atoms with van der Waals surface area (Å²) in [4.78, 5) is 17.8. The molecule has 4 aromatic rings. The third-order valence-electron chi connectivity index (χ3n) is 6.30. The van der Waals surface area contributed by atoms with Gasteiger partial charge in [0.05, 0.1) is 12.3 Å². The van der Waals surface area contributed by atoms with E-state index in [4.69, 9.17) is 9.72 Å². The van der Waals surface area contributed by atoms with E-state index in [1.54, 1.807) is 0 Å². The molecule has 0 aliphatic carbocycles. The monoisotopic (exact) mass is 411 g/mol. The highest BCUT2D eigenvalue weighted by Crippen LogP contribution is 2.29. The van der Waals surface area contributed by atoms with E-state index < -0.39 is 0 Å². The molecule has 156 valence electrons. The van der Waals surface area contributed by atoms with Crippen LogP contribution < -0.4 is 9.64 Å². The highest BCUT2D eigenvalue weighted by Gasteiger charge is 2.21. The summed E-state index contributed by atoms with van der Waals surface area (Å²) < 4.78 is 5.61. The Morgan fingerprint density at radius 3 is 2.84 bits per heavy atom. The second-order valence-electron chi connectivity index (χ2n) is 8.28. The molecule has 1 saturated heterocycles. The molecule has 0 atom stereocenters. The van der Waals surface area contributed by atoms with Crippen molar-refractivity contribution in [2.24, 2.45) is 0 Å². The number of hydrogen-bond donors (Lipinski definition) is 1. The van der Waals surface area contributed by atoms with E-state index in [0.717, 1.165) is 74.4 Å². The smallest absolute Gasteiger partial charge is 0.137 e. The predicted octanol–water partition coefficient (Wildman–Crippen LogP) is 3.88. The Hall–Kier alpha value is -3.38. The fraction of sp³-hybridized carbons (Fsp3) is 0.280. The van der Waals surface area contributed by atoms with Crippen molar-refractivity contribution in [2.75, 3.05) is 37.7 Å². The maximum Gasteiger partial charge on any atom is 0.137 e. The van der Waals surface area contributed by atoms with Crippen LogP contribution >= 0.6 is 0 Å². The molecule has 2 aromatic carbocycles. The van der Waals surface area contributed by atoms with Crippen molar-refractivity contribution >= 4 is 16.6 Å². The Labute approximate surface area is 181 Å². The number of ether oxygens (including phenoxy) is 1. The predicted molar refractivity (Wildman–Crippen MR) is 122 cm³/mol. The average molecular weight is 412 g/mol. The Morgan fingerprint density at radius 2 is 1.90 bits per heavy atom. The zero-order valence-electron chi connectivity index (χ0n) is 17.4. The molecule has 6 heteroatoms. The molecular formula is C25H25N5O. The Morgan fingerprint density at radius 1 is 1.00 bits per heavy atom. The summed E-state index contributed by atoms with van der Waals surface area (Å²) in [7, 11) is 0. The van der Waals surface area contributed by atoms with E-state index in [0.29, 0.717) is 0 Å². The number of aromatic nitrogens is 3. The van der Waals surface area contributed by atoms with Crippen molar-refractivity contribution in [3.05, 3.63) is 72.2 Å². The number of imidazole rings is 1. The van der Waals surface area contributed by atoms with Gasteiger partial charge in [0.15, 0.2) is 0 Å². The number of hydrogen-bond acceptors (Lipinski definition) is 5. The van der Waals surface area contributed by atoms with Gasteiger partial charge in [0, 0.05) is 62.5 Å². The third-order valence-corrected chi connectivity index (χ3v) is 6.30. The number of aromatic amines is 1. The average Bonchev–Trinajstić information content (AvgIpc) is 3.48. The Kier molecular flexibility index (Phi) is 4.57. The number of fused-ring (bicyclic) bond motifs is 2. The van der Waals surface area contributed by atoms with Crippen molar-refractivity contribution in [2.45, 2.75) is 13.0 Å². The molecule has 0 bridgehead atoms. The molecule has 1 N–H and O–H groups in total. The van der Waals surface area contributed by atoms with Crippen LogP contribution in [0.5, 0.6) is 5.75 Å². The van der Waals surface area contributed by atoms with Gasteiger partial charge in [-0.2, -0.15) is 0 Å². The molecule has 2 aromatic heterocycles. The van der Waals surface area contributed by atoms with Gasteiger partial charge in [-0.1, -0.05) is 24.3 Å². The van der Waals surface area contributed by atoms with Crippen molar-refractivity contribution < 1.29 is 4.74 Å². The van der Waals surface area contributed by atoms with E-state index in [2.05, 4.69) is 68.3 Å². The van der Waals surface area contributed by atoms with Gasteiger partial charge in [-0.15, -0.1) is 0 Å². The summed E-state index contributed by atoms with van der Waals surface area (Å²) in [5.74, 6) is 3.04. The topological polar surface area (TPSA) is 57.3 Å². The van der Waals surface area contributed by atoms with Crippen molar-refractivity contribution in [1.82, 2.24) is 19.9 Å². The molecule has 0 saturated carbocycles. The minimum atomic E-state index is 0.780. The van der Waals surface area contributed by atoms with E-state index in [1.165, 1.54) is 16.3 Å². The number of rotatable bonds is 4. The summed E-state index contributed by atoms with van der Waals surface area (Å²) in [6, 6.07) is 16.9. The van der Waals surface area contributed by atoms with Gasteiger partial charge < -0.3 is 14.6 Å². The van der Waals surface area contributed by atoms with Crippen molar-refractivity contribution in [3.8, 4) is 17.1 Å². The second kappa shape index (κ2) is 7.71. The van der Waals surface area contributed by atoms with Gasteiger partial charge in [0.1, 0.15) is 17.4 Å². The SMILES string of the molecule is c1ccc2c(N3CCN(Cc4c[nH]c(-c5ccc6c(c5)CCO6)n4)CC3)nccc2c1. The maximum absolute atomic E-state index is 5.61. The number of benzene rings is 2. The molecule has 1 fully saturated rings. The van der Waals surface area contributed by atoms with Crippen LogP contribution in [0.1, 0.15) is 11.3 Å². The summed E-state index contributed by atoms with van der Waals surface area (Å²) in [6.07, 6.45) is 4.94. The first-order chi connectivity index (χ1) is 15.3. The van der Waals surface area contributed by atoms with E-state index in [9.17, 15) is 0 Å². The Bertz CT molecular complexity index is 1220. The first kappa shape index (κ1) is 18.4. The first-order valence-corrected chi connectivity index (χ1v) is 10.9. The molecule has 0 amide bonds. The molecule has 31 heavy (non-hydrogen) atoms. The summed E-state index contributed by atoms with van der Waals surface area (Å²) in [5.41, 5.74) is 3.49. The number of nitrogens with one attached hydrogen (secondary N) is 1. The van der Waals surface area contributed by atoms with Gasteiger partial charge in [0.25, 0.3) is 0 Å². The molecule has 6 nitrogen and oxygen atoms in total. The number of nitrogens with zero attached hydrogens (tertiary/aromatic N) is 4. The fourth-order valence-electron chi connectivity index (χ4n) is 4.63. The summed E-state index contributed by atoms with van der Waals surface area (Å²) in [6.45, 7) is 5.60. The summed E-state index contributed by atoms with van der Waals surface area (Å²) in [5, 5.41) is 2.48. The number of anilines is 1. The third kappa shape index (κ3) is 3.53. The molecule has 0 radical (unpaired) electrons. The van der Waals surface area contributed by atoms with Crippen LogP contribution in [0.25, 0.3) is 22.2 Å². The number of pyridine rings is 1. The lowest BCUT2D eigenvalue weighted by molar-refractivity contribution is 0.247. The standard InChI is InChI=1S/C25H25N5O/c1-2-4-22-18(3-1)7-9-26-25(22)30-12-10-29(11-13-30)17-21-16-27-24(28-21)20-5-6-23-19(15-20)8-14-31-23/h1-7,9,15-16H,8,10-14,17H2,(H,27,28). The molecule has 6 rings (SSSR count). The zero-order chi connectivity index (χ0) is 20.6. The largest absolute Gasteiger partial charge is 0.493 e. The normalized spacial score (nSPS) is 16.5. The lowest BCUT2D eigenvalue weighted by Crippen LogP contribution is -2.46. The molecule has 0 unspecified atom stereocenters. The highest BCUT2D eigenvalue weighted by atomic mass is 16.5. The Balaban J connectivity index is 1.12. The van der Waals surface area contributed by atoms with E-state index >= 15 is 0 Å². The molecule has 2 aliphatic rings. The second-order valence-corrected chi connectivity index (χ2v) is 8.28. The molecule has 0 spiro atoms. The minimum Gasteiger partial charge on any atom is -0.493 e. The molecule has 2 aliphatic heterocycles.